The Morgan fingerprint density at radius 3 is 3.00 bits per heavy atom. The fourth-order valence-corrected chi connectivity index (χ4v) is 3.37. The van der Waals surface area contributed by atoms with Crippen molar-refractivity contribution in [3.8, 4) is 0 Å². The summed E-state index contributed by atoms with van der Waals surface area (Å²) in [6.07, 6.45) is 3.67. The lowest BCUT2D eigenvalue weighted by molar-refractivity contribution is 0.0134. The Balaban J connectivity index is 1.69. The van der Waals surface area contributed by atoms with Gasteiger partial charge in [-0.3, -0.25) is 9.67 Å². The van der Waals surface area contributed by atoms with Crippen molar-refractivity contribution in [3.05, 3.63) is 54.2 Å². The number of aromatic nitrogens is 3. The van der Waals surface area contributed by atoms with Crippen LogP contribution in [-0.4, -0.2) is 39.1 Å². The molecule has 3 atom stereocenters. The van der Waals surface area contributed by atoms with Gasteiger partial charge in [0.1, 0.15) is 5.82 Å². The Morgan fingerprint density at radius 1 is 1.40 bits per heavy atom. The molecule has 2 N–H and O–H groups in total. The molecular weight excluding hydrogens is 323 g/mol. The first-order chi connectivity index (χ1) is 12.2. The minimum absolute atomic E-state index is 0.000776. The zero-order chi connectivity index (χ0) is 17.4. The van der Waals surface area contributed by atoms with Crippen LogP contribution in [-0.2, 0) is 11.3 Å². The number of hydrogen-bond donors (Lipinski definition) is 2. The molecule has 130 valence electrons. The number of pyridine rings is 1. The van der Waals surface area contributed by atoms with Crippen LogP contribution < -0.4 is 5.32 Å². The minimum atomic E-state index is -0.458. The monoisotopic (exact) mass is 342 g/mol. The highest BCUT2D eigenvalue weighted by Gasteiger charge is 2.42. The van der Waals surface area contributed by atoms with Crippen LogP contribution in [0.15, 0.2) is 42.7 Å². The van der Waals surface area contributed by atoms with Gasteiger partial charge in [-0.15, -0.1) is 0 Å². The first-order valence-electron chi connectivity index (χ1n) is 8.17. The van der Waals surface area contributed by atoms with E-state index in [0.29, 0.717) is 23.9 Å². The lowest BCUT2D eigenvalue weighted by atomic mass is 9.82. The lowest BCUT2D eigenvalue weighted by Crippen LogP contribution is -2.51. The third-order valence-electron chi connectivity index (χ3n) is 4.59. The molecule has 0 amide bonds. The molecule has 7 heteroatoms. The van der Waals surface area contributed by atoms with E-state index in [4.69, 9.17) is 4.74 Å². The number of anilines is 1. The summed E-state index contributed by atoms with van der Waals surface area (Å²) in [5.41, 5.74) is 2.25. The van der Waals surface area contributed by atoms with Crippen LogP contribution in [0.4, 0.5) is 10.1 Å². The van der Waals surface area contributed by atoms with Gasteiger partial charge in [-0.25, -0.2) is 4.39 Å². The van der Waals surface area contributed by atoms with Crippen molar-refractivity contribution >= 4 is 16.6 Å². The Bertz CT molecular complexity index is 884. The van der Waals surface area contributed by atoms with E-state index in [1.807, 2.05) is 18.3 Å². The van der Waals surface area contributed by atoms with Crippen molar-refractivity contribution in [2.24, 2.45) is 0 Å². The van der Waals surface area contributed by atoms with E-state index in [0.717, 1.165) is 11.4 Å². The number of ether oxygens (including phenoxy) is 1. The maximum atomic E-state index is 13.7. The van der Waals surface area contributed by atoms with E-state index in [9.17, 15) is 9.50 Å². The van der Waals surface area contributed by atoms with Crippen molar-refractivity contribution in [1.82, 2.24) is 14.8 Å². The number of rotatable bonds is 5. The standard InChI is InChI=1S/C18H19FN4O2/c1-25-10-12-8-15(13-7-11(19)3-4-14(13)21-12)22-16-9-17(24)18(16)23-6-2-5-20-23/h2-8,16-18,24H,9-10H2,1H3,(H,21,22)/t16-,17+,18+/m0/s1. The van der Waals surface area contributed by atoms with E-state index in [1.165, 1.54) is 12.1 Å². The number of fused-ring (bicyclic) bond motifs is 1. The zero-order valence-corrected chi connectivity index (χ0v) is 13.8. The van der Waals surface area contributed by atoms with E-state index in [-0.39, 0.29) is 17.9 Å². The molecular formula is C18H19FN4O2. The quantitative estimate of drug-likeness (QED) is 0.745. The third-order valence-corrected chi connectivity index (χ3v) is 4.59. The van der Waals surface area contributed by atoms with Crippen LogP contribution in [0.3, 0.4) is 0 Å². The van der Waals surface area contributed by atoms with Gasteiger partial charge in [0.25, 0.3) is 0 Å². The normalized spacial score (nSPS) is 22.8. The average molecular weight is 342 g/mol. The van der Waals surface area contributed by atoms with Gasteiger partial charge in [0.05, 0.1) is 36.0 Å². The van der Waals surface area contributed by atoms with E-state index in [2.05, 4.69) is 15.4 Å². The van der Waals surface area contributed by atoms with Gasteiger partial charge in [-0.2, -0.15) is 5.10 Å². The Morgan fingerprint density at radius 2 is 2.28 bits per heavy atom. The van der Waals surface area contributed by atoms with Crippen LogP contribution in [0.25, 0.3) is 10.9 Å². The summed E-state index contributed by atoms with van der Waals surface area (Å²) in [4.78, 5) is 4.50. The molecule has 0 bridgehead atoms. The Kier molecular flexibility index (Phi) is 4.10. The van der Waals surface area contributed by atoms with Crippen LogP contribution in [0.5, 0.6) is 0 Å². The molecule has 1 saturated carbocycles. The largest absolute Gasteiger partial charge is 0.391 e. The SMILES string of the molecule is COCc1cc(N[C@H]2C[C@@H](O)[C@@H]2n2cccn2)c2cc(F)ccc2n1. The van der Waals surface area contributed by atoms with Gasteiger partial charge in [-0.1, -0.05) is 0 Å². The molecule has 1 aliphatic rings. The van der Waals surface area contributed by atoms with E-state index < -0.39 is 6.10 Å². The number of aliphatic hydroxyl groups is 1. The highest BCUT2D eigenvalue weighted by Crippen LogP contribution is 2.36. The maximum absolute atomic E-state index is 13.7. The fraction of sp³-hybridized carbons (Fsp3) is 0.333. The molecule has 6 nitrogen and oxygen atoms in total. The molecule has 1 aliphatic carbocycles. The Hall–Kier alpha value is -2.51. The molecule has 25 heavy (non-hydrogen) atoms. The molecule has 3 aromatic rings. The van der Waals surface area contributed by atoms with Gasteiger partial charge in [0, 0.05) is 30.6 Å². The molecule has 0 spiro atoms. The van der Waals surface area contributed by atoms with Crippen molar-refractivity contribution in [2.45, 2.75) is 31.2 Å². The lowest BCUT2D eigenvalue weighted by Gasteiger charge is -2.42. The first kappa shape index (κ1) is 16.0. The topological polar surface area (TPSA) is 72.2 Å². The predicted octanol–water partition coefficient (Wildman–Crippen LogP) is 2.50. The zero-order valence-electron chi connectivity index (χ0n) is 13.8. The second-order valence-electron chi connectivity index (χ2n) is 6.29. The number of nitrogens with one attached hydrogen (secondary N) is 1. The number of aliphatic hydroxyl groups excluding tert-OH is 1. The summed E-state index contributed by atoms with van der Waals surface area (Å²) in [6.45, 7) is 0.373. The van der Waals surface area contributed by atoms with E-state index >= 15 is 0 Å². The highest BCUT2D eigenvalue weighted by atomic mass is 19.1. The molecule has 0 radical (unpaired) electrons. The van der Waals surface area contributed by atoms with Gasteiger partial charge in [0.15, 0.2) is 0 Å². The van der Waals surface area contributed by atoms with Crippen LogP contribution in [0.2, 0.25) is 0 Å². The molecule has 0 saturated heterocycles. The van der Waals surface area contributed by atoms with E-state index in [1.54, 1.807) is 24.1 Å². The average Bonchev–Trinajstić information content (AvgIpc) is 3.08. The molecule has 1 fully saturated rings. The minimum Gasteiger partial charge on any atom is -0.391 e. The molecule has 4 rings (SSSR count). The number of benzene rings is 1. The molecule has 2 aromatic heterocycles. The summed E-state index contributed by atoms with van der Waals surface area (Å²) < 4.78 is 20.7. The van der Waals surface area contributed by atoms with Crippen LogP contribution >= 0.6 is 0 Å². The Labute approximate surface area is 144 Å². The summed E-state index contributed by atoms with van der Waals surface area (Å²) in [5.74, 6) is -0.311. The summed E-state index contributed by atoms with van der Waals surface area (Å²) in [7, 11) is 1.61. The molecule has 1 aromatic carbocycles. The van der Waals surface area contributed by atoms with Crippen LogP contribution in [0, 0.1) is 5.82 Å². The van der Waals surface area contributed by atoms with Gasteiger partial charge in [0.2, 0.25) is 0 Å². The molecule has 0 aliphatic heterocycles. The maximum Gasteiger partial charge on any atom is 0.124 e. The first-order valence-corrected chi connectivity index (χ1v) is 8.17. The number of halogens is 1. The second-order valence-corrected chi connectivity index (χ2v) is 6.29. The van der Waals surface area contributed by atoms with Crippen molar-refractivity contribution in [3.63, 3.8) is 0 Å². The fourth-order valence-electron chi connectivity index (χ4n) is 3.37. The van der Waals surface area contributed by atoms with Crippen molar-refractivity contribution < 1.29 is 14.2 Å². The summed E-state index contributed by atoms with van der Waals surface area (Å²) in [5, 5.41) is 18.5. The predicted molar refractivity (Wildman–Crippen MR) is 91.7 cm³/mol. The number of methoxy groups -OCH3 is 1. The summed E-state index contributed by atoms with van der Waals surface area (Å²) in [6, 6.07) is 8.08. The third kappa shape index (κ3) is 2.96. The second kappa shape index (κ2) is 6.42. The van der Waals surface area contributed by atoms with Crippen molar-refractivity contribution in [1.29, 1.82) is 0 Å². The highest BCUT2D eigenvalue weighted by molar-refractivity contribution is 5.91. The van der Waals surface area contributed by atoms with Crippen LogP contribution in [0.1, 0.15) is 18.2 Å². The molecule has 2 heterocycles. The summed E-state index contributed by atoms with van der Waals surface area (Å²) >= 11 is 0. The van der Waals surface area contributed by atoms with Gasteiger partial charge < -0.3 is 15.2 Å². The van der Waals surface area contributed by atoms with Gasteiger partial charge >= 0.3 is 0 Å². The van der Waals surface area contributed by atoms with Crippen molar-refractivity contribution in [2.75, 3.05) is 12.4 Å². The number of nitrogens with zero attached hydrogens (tertiary/aromatic N) is 3. The molecule has 0 unspecified atom stereocenters. The smallest absolute Gasteiger partial charge is 0.124 e. The number of hydrogen-bond acceptors (Lipinski definition) is 5. The van der Waals surface area contributed by atoms with Gasteiger partial charge in [-0.05, 0) is 36.8 Å².